The van der Waals surface area contributed by atoms with Crippen molar-refractivity contribution in [1.82, 2.24) is 0 Å². The molecule has 0 aromatic heterocycles. The molecule has 0 aliphatic rings. The van der Waals surface area contributed by atoms with Crippen molar-refractivity contribution in [2.75, 3.05) is 11.5 Å². The highest BCUT2D eigenvalue weighted by atomic mass is 32.2. The molecule has 0 saturated carbocycles. The molecule has 0 bridgehead atoms. The van der Waals surface area contributed by atoms with Crippen LogP contribution in [0.1, 0.15) is 11.1 Å². The summed E-state index contributed by atoms with van der Waals surface area (Å²) in [5, 5.41) is 5.07. The number of hydrogen-bond acceptors (Lipinski definition) is 4. The van der Waals surface area contributed by atoms with Crippen molar-refractivity contribution in [3.8, 4) is 0 Å². The molecular weight excluding hydrogens is 274 g/mol. The van der Waals surface area contributed by atoms with E-state index < -0.39 is 10.0 Å². The summed E-state index contributed by atoms with van der Waals surface area (Å²) in [6, 6.07) is 11.8. The highest BCUT2D eigenvalue weighted by molar-refractivity contribution is 7.89. The predicted molar refractivity (Wildman–Crippen MR) is 81.2 cm³/mol. The van der Waals surface area contributed by atoms with Gasteiger partial charge in [0.1, 0.15) is 4.90 Å². The first-order valence-electron chi connectivity index (χ1n) is 5.76. The fraction of sp³-hybridized carbons (Fsp3) is 0. The first kappa shape index (κ1) is 14.1. The second kappa shape index (κ2) is 4.99. The van der Waals surface area contributed by atoms with E-state index >= 15 is 0 Å². The molecule has 2 rings (SSSR count). The van der Waals surface area contributed by atoms with Crippen LogP contribution < -0.4 is 16.6 Å². The van der Waals surface area contributed by atoms with E-state index in [4.69, 9.17) is 16.6 Å². The van der Waals surface area contributed by atoms with Crippen LogP contribution in [0.25, 0.3) is 5.57 Å². The van der Waals surface area contributed by atoms with Gasteiger partial charge in [-0.05, 0) is 41.0 Å². The van der Waals surface area contributed by atoms with Crippen LogP contribution in [0.5, 0.6) is 0 Å². The zero-order valence-corrected chi connectivity index (χ0v) is 11.5. The Balaban J connectivity index is 2.45. The van der Waals surface area contributed by atoms with Gasteiger partial charge in [0.15, 0.2) is 0 Å². The molecule has 0 spiro atoms. The van der Waals surface area contributed by atoms with E-state index in [1.807, 2.05) is 12.1 Å². The van der Waals surface area contributed by atoms with Gasteiger partial charge in [0, 0.05) is 5.69 Å². The fourth-order valence-corrected chi connectivity index (χ4v) is 2.53. The van der Waals surface area contributed by atoms with Gasteiger partial charge in [0.25, 0.3) is 0 Å². The van der Waals surface area contributed by atoms with Gasteiger partial charge in [-0.15, -0.1) is 0 Å². The van der Waals surface area contributed by atoms with Crippen molar-refractivity contribution in [3.05, 3.63) is 60.2 Å². The zero-order chi connectivity index (χ0) is 14.9. The van der Waals surface area contributed by atoms with Gasteiger partial charge in [-0.3, -0.25) is 0 Å². The molecule has 0 fully saturated rings. The third kappa shape index (κ3) is 2.81. The van der Waals surface area contributed by atoms with E-state index in [1.165, 1.54) is 12.1 Å². The molecule has 104 valence electrons. The first-order chi connectivity index (χ1) is 9.29. The Bertz CT molecular complexity index is 783. The molecule has 0 aliphatic carbocycles. The number of hydrogen-bond donors (Lipinski definition) is 3. The van der Waals surface area contributed by atoms with E-state index in [0.29, 0.717) is 16.8 Å². The number of sulfonamides is 1. The largest absolute Gasteiger partial charge is 0.399 e. The van der Waals surface area contributed by atoms with Crippen molar-refractivity contribution >= 4 is 27.0 Å². The van der Waals surface area contributed by atoms with Gasteiger partial charge in [0.2, 0.25) is 10.0 Å². The smallest absolute Gasteiger partial charge is 0.240 e. The summed E-state index contributed by atoms with van der Waals surface area (Å²) in [6.07, 6.45) is 0. The predicted octanol–water partition coefficient (Wildman–Crippen LogP) is 1.56. The average Bonchev–Trinajstić information content (AvgIpc) is 2.36. The standard InChI is InChI=1S/C14H15N3O2S/c1-9(10-3-2-4-12(15)7-10)11-5-6-14(13(16)8-11)20(17,18)19/h2-8H,1,15-16H2,(H2,17,18,19). The molecule has 20 heavy (non-hydrogen) atoms. The average molecular weight is 289 g/mol. The number of benzene rings is 2. The van der Waals surface area contributed by atoms with Gasteiger partial charge in [-0.1, -0.05) is 24.8 Å². The van der Waals surface area contributed by atoms with Gasteiger partial charge < -0.3 is 11.5 Å². The second-order valence-corrected chi connectivity index (χ2v) is 5.93. The lowest BCUT2D eigenvalue weighted by molar-refractivity contribution is 0.598. The fourth-order valence-electron chi connectivity index (χ4n) is 1.89. The third-order valence-electron chi connectivity index (χ3n) is 2.90. The molecular formula is C14H15N3O2S. The van der Waals surface area contributed by atoms with Crippen LogP contribution in [0.15, 0.2) is 53.9 Å². The molecule has 6 heteroatoms. The third-order valence-corrected chi connectivity index (χ3v) is 3.88. The van der Waals surface area contributed by atoms with Crippen LogP contribution in [0.4, 0.5) is 11.4 Å². The van der Waals surface area contributed by atoms with Gasteiger partial charge >= 0.3 is 0 Å². The number of anilines is 2. The molecule has 2 aromatic rings. The molecule has 0 aliphatic heterocycles. The second-order valence-electron chi connectivity index (χ2n) is 4.40. The van der Waals surface area contributed by atoms with Gasteiger partial charge in [-0.25, -0.2) is 13.6 Å². The lowest BCUT2D eigenvalue weighted by Gasteiger charge is -2.10. The zero-order valence-electron chi connectivity index (χ0n) is 10.7. The van der Waals surface area contributed by atoms with Crippen LogP contribution in [0.2, 0.25) is 0 Å². The summed E-state index contributed by atoms with van der Waals surface area (Å²) >= 11 is 0. The minimum atomic E-state index is -3.82. The monoisotopic (exact) mass is 289 g/mol. The summed E-state index contributed by atoms with van der Waals surface area (Å²) in [5.41, 5.74) is 14.4. The van der Waals surface area contributed by atoms with Crippen LogP contribution >= 0.6 is 0 Å². The molecule has 0 atom stereocenters. The minimum absolute atomic E-state index is 0.0926. The minimum Gasteiger partial charge on any atom is -0.399 e. The number of nitrogens with two attached hydrogens (primary N) is 3. The van der Waals surface area contributed by atoms with Crippen LogP contribution in [0.3, 0.4) is 0 Å². The molecule has 2 aromatic carbocycles. The van der Waals surface area contributed by atoms with E-state index in [9.17, 15) is 8.42 Å². The molecule has 0 heterocycles. The van der Waals surface area contributed by atoms with E-state index in [-0.39, 0.29) is 10.6 Å². The molecule has 0 saturated heterocycles. The quantitative estimate of drug-likeness (QED) is 0.744. The summed E-state index contributed by atoms with van der Waals surface area (Å²) in [7, 11) is -3.82. The Morgan fingerprint density at radius 3 is 2.20 bits per heavy atom. The molecule has 0 radical (unpaired) electrons. The maximum atomic E-state index is 11.3. The Hall–Kier alpha value is -2.31. The van der Waals surface area contributed by atoms with Gasteiger partial charge in [0.05, 0.1) is 5.69 Å². The first-order valence-corrected chi connectivity index (χ1v) is 7.31. The van der Waals surface area contributed by atoms with Crippen molar-refractivity contribution < 1.29 is 8.42 Å². The molecule has 6 N–H and O–H groups in total. The van der Waals surface area contributed by atoms with Crippen LogP contribution in [0, 0.1) is 0 Å². The highest BCUT2D eigenvalue weighted by Crippen LogP contribution is 2.27. The summed E-state index contributed by atoms with van der Waals surface area (Å²) in [5.74, 6) is 0. The maximum Gasteiger partial charge on any atom is 0.240 e. The van der Waals surface area contributed by atoms with Crippen molar-refractivity contribution in [2.24, 2.45) is 5.14 Å². The SMILES string of the molecule is C=C(c1cccc(N)c1)c1ccc(S(N)(=O)=O)c(N)c1. The number of nitrogen functional groups attached to an aromatic ring is 2. The van der Waals surface area contributed by atoms with Gasteiger partial charge in [-0.2, -0.15) is 0 Å². The molecule has 0 unspecified atom stereocenters. The van der Waals surface area contributed by atoms with Crippen molar-refractivity contribution in [2.45, 2.75) is 4.90 Å². The lowest BCUT2D eigenvalue weighted by Crippen LogP contribution is -2.14. The highest BCUT2D eigenvalue weighted by Gasteiger charge is 2.13. The van der Waals surface area contributed by atoms with E-state index in [2.05, 4.69) is 6.58 Å². The van der Waals surface area contributed by atoms with E-state index in [0.717, 1.165) is 5.56 Å². The Morgan fingerprint density at radius 2 is 1.65 bits per heavy atom. The van der Waals surface area contributed by atoms with Crippen LogP contribution in [-0.4, -0.2) is 8.42 Å². The summed E-state index contributed by atoms with van der Waals surface area (Å²) in [4.78, 5) is -0.0957. The molecule has 5 nitrogen and oxygen atoms in total. The van der Waals surface area contributed by atoms with E-state index in [1.54, 1.807) is 18.2 Å². The maximum absolute atomic E-state index is 11.3. The Morgan fingerprint density at radius 1 is 1.00 bits per heavy atom. The number of primary sulfonamides is 1. The topological polar surface area (TPSA) is 112 Å². The normalized spacial score (nSPS) is 11.2. The number of rotatable bonds is 3. The Kier molecular flexibility index (Phi) is 3.52. The molecule has 0 amide bonds. The van der Waals surface area contributed by atoms with Crippen molar-refractivity contribution in [3.63, 3.8) is 0 Å². The van der Waals surface area contributed by atoms with Crippen LogP contribution in [-0.2, 0) is 10.0 Å². The van der Waals surface area contributed by atoms with Crippen molar-refractivity contribution in [1.29, 1.82) is 0 Å². The summed E-state index contributed by atoms with van der Waals surface area (Å²) in [6.45, 7) is 3.98. The lowest BCUT2D eigenvalue weighted by atomic mass is 9.99. The Labute approximate surface area is 117 Å². The summed E-state index contributed by atoms with van der Waals surface area (Å²) < 4.78 is 22.6.